The summed E-state index contributed by atoms with van der Waals surface area (Å²) >= 11 is 1.88. The molecule has 1 aromatic rings. The van der Waals surface area contributed by atoms with Crippen molar-refractivity contribution >= 4 is 11.3 Å². The van der Waals surface area contributed by atoms with Gasteiger partial charge in [-0.3, -0.25) is 0 Å². The fourth-order valence-electron chi connectivity index (χ4n) is 3.17. The number of nitrogens with one attached hydrogen (secondary N) is 1. The Hall–Kier alpha value is -0.340. The maximum absolute atomic E-state index is 3.82. The van der Waals surface area contributed by atoms with Crippen LogP contribution in [0.15, 0.2) is 17.5 Å². The molecular formula is C16H27NS. The zero-order chi connectivity index (χ0) is 13.0. The van der Waals surface area contributed by atoms with E-state index in [0.29, 0.717) is 12.0 Å². The average molecular weight is 265 g/mol. The van der Waals surface area contributed by atoms with Crippen LogP contribution in [0.3, 0.4) is 0 Å². The summed E-state index contributed by atoms with van der Waals surface area (Å²) in [4.78, 5) is 1.49. The zero-order valence-electron chi connectivity index (χ0n) is 12.0. The SMILES string of the molecule is CC1CCCC(CNC(c2cccs2)C(C)C)C1. The molecular weight excluding hydrogens is 238 g/mol. The molecule has 1 heterocycles. The molecule has 0 amide bonds. The monoisotopic (exact) mass is 265 g/mol. The second-order valence-corrected chi connectivity index (χ2v) is 7.26. The van der Waals surface area contributed by atoms with Gasteiger partial charge in [-0.2, -0.15) is 0 Å². The Labute approximate surface area is 116 Å². The average Bonchev–Trinajstić information content (AvgIpc) is 2.82. The van der Waals surface area contributed by atoms with Crippen molar-refractivity contribution in [3.8, 4) is 0 Å². The fourth-order valence-corrected chi connectivity index (χ4v) is 4.15. The predicted octanol–water partition coefficient (Wildman–Crippen LogP) is 4.86. The number of hydrogen-bond donors (Lipinski definition) is 1. The van der Waals surface area contributed by atoms with E-state index >= 15 is 0 Å². The lowest BCUT2D eigenvalue weighted by Gasteiger charge is -2.29. The van der Waals surface area contributed by atoms with E-state index in [1.54, 1.807) is 0 Å². The highest BCUT2D eigenvalue weighted by Crippen LogP contribution is 2.30. The third-order valence-corrected chi connectivity index (χ3v) is 5.14. The van der Waals surface area contributed by atoms with Crippen LogP contribution >= 0.6 is 11.3 Å². The van der Waals surface area contributed by atoms with Crippen molar-refractivity contribution in [1.29, 1.82) is 0 Å². The van der Waals surface area contributed by atoms with Gasteiger partial charge in [0.25, 0.3) is 0 Å². The van der Waals surface area contributed by atoms with E-state index in [-0.39, 0.29) is 0 Å². The molecule has 1 aliphatic rings. The summed E-state index contributed by atoms with van der Waals surface area (Å²) in [5.41, 5.74) is 0. The van der Waals surface area contributed by atoms with Crippen LogP contribution in [0.2, 0.25) is 0 Å². The molecule has 0 bridgehead atoms. The van der Waals surface area contributed by atoms with E-state index in [9.17, 15) is 0 Å². The summed E-state index contributed by atoms with van der Waals surface area (Å²) in [7, 11) is 0. The van der Waals surface area contributed by atoms with Gasteiger partial charge in [-0.05, 0) is 48.6 Å². The van der Waals surface area contributed by atoms with Crippen LogP contribution < -0.4 is 5.32 Å². The Morgan fingerprint density at radius 3 is 2.83 bits per heavy atom. The zero-order valence-corrected chi connectivity index (χ0v) is 12.8. The molecule has 1 aliphatic carbocycles. The number of thiophene rings is 1. The third kappa shape index (κ3) is 3.83. The third-order valence-electron chi connectivity index (χ3n) is 4.19. The molecule has 2 heteroatoms. The van der Waals surface area contributed by atoms with E-state index in [2.05, 4.69) is 43.6 Å². The van der Waals surface area contributed by atoms with Gasteiger partial charge in [0.2, 0.25) is 0 Å². The number of hydrogen-bond acceptors (Lipinski definition) is 2. The summed E-state index contributed by atoms with van der Waals surface area (Å²) in [6, 6.07) is 4.98. The standard InChI is InChI=1S/C16H27NS/c1-12(2)16(15-8-5-9-18-15)17-11-14-7-4-6-13(3)10-14/h5,8-9,12-14,16-17H,4,6-7,10-11H2,1-3H3. The second kappa shape index (κ2) is 6.72. The lowest BCUT2D eigenvalue weighted by Crippen LogP contribution is -2.32. The molecule has 0 aliphatic heterocycles. The Kier molecular flexibility index (Phi) is 5.25. The molecule has 1 N–H and O–H groups in total. The first kappa shape index (κ1) is 14.1. The normalized spacial score (nSPS) is 26.4. The van der Waals surface area contributed by atoms with Crippen LogP contribution in [-0.4, -0.2) is 6.54 Å². The molecule has 1 aromatic heterocycles. The largest absolute Gasteiger partial charge is 0.309 e. The van der Waals surface area contributed by atoms with Crippen LogP contribution in [0.5, 0.6) is 0 Å². The van der Waals surface area contributed by atoms with Gasteiger partial charge in [0, 0.05) is 10.9 Å². The summed E-state index contributed by atoms with van der Waals surface area (Å²) in [5, 5.41) is 6.01. The molecule has 0 spiro atoms. The predicted molar refractivity (Wildman–Crippen MR) is 81.0 cm³/mol. The summed E-state index contributed by atoms with van der Waals surface area (Å²) in [6.45, 7) is 8.25. The molecule has 3 atom stereocenters. The first-order valence-electron chi connectivity index (χ1n) is 7.43. The van der Waals surface area contributed by atoms with Gasteiger partial charge >= 0.3 is 0 Å². The highest BCUT2D eigenvalue weighted by molar-refractivity contribution is 7.10. The summed E-state index contributed by atoms with van der Waals surface area (Å²) in [6.07, 6.45) is 5.71. The van der Waals surface area contributed by atoms with Crippen molar-refractivity contribution in [3.63, 3.8) is 0 Å². The van der Waals surface area contributed by atoms with Gasteiger partial charge in [-0.1, -0.05) is 39.7 Å². The Bertz CT molecular complexity index is 331. The van der Waals surface area contributed by atoms with E-state index in [0.717, 1.165) is 11.8 Å². The van der Waals surface area contributed by atoms with Crippen LogP contribution in [0.25, 0.3) is 0 Å². The molecule has 0 aromatic carbocycles. The van der Waals surface area contributed by atoms with Gasteiger partial charge in [0.1, 0.15) is 0 Å². The molecule has 18 heavy (non-hydrogen) atoms. The van der Waals surface area contributed by atoms with Gasteiger partial charge in [0.15, 0.2) is 0 Å². The van der Waals surface area contributed by atoms with Gasteiger partial charge in [-0.25, -0.2) is 0 Å². The topological polar surface area (TPSA) is 12.0 Å². The van der Waals surface area contributed by atoms with Crippen molar-refractivity contribution in [2.75, 3.05) is 6.54 Å². The van der Waals surface area contributed by atoms with Crippen LogP contribution in [-0.2, 0) is 0 Å². The van der Waals surface area contributed by atoms with E-state index in [4.69, 9.17) is 0 Å². The lowest BCUT2D eigenvalue weighted by molar-refractivity contribution is 0.258. The summed E-state index contributed by atoms with van der Waals surface area (Å²) < 4.78 is 0. The van der Waals surface area contributed by atoms with Crippen molar-refractivity contribution in [3.05, 3.63) is 22.4 Å². The molecule has 3 unspecified atom stereocenters. The van der Waals surface area contributed by atoms with Crippen molar-refractivity contribution in [2.45, 2.75) is 52.5 Å². The molecule has 2 rings (SSSR count). The maximum Gasteiger partial charge on any atom is 0.0438 e. The maximum atomic E-state index is 3.82. The van der Waals surface area contributed by atoms with Gasteiger partial charge in [-0.15, -0.1) is 11.3 Å². The van der Waals surface area contributed by atoms with Gasteiger partial charge < -0.3 is 5.32 Å². The molecule has 1 fully saturated rings. The Morgan fingerprint density at radius 1 is 1.39 bits per heavy atom. The minimum Gasteiger partial charge on any atom is -0.309 e. The first-order chi connectivity index (χ1) is 8.66. The van der Waals surface area contributed by atoms with E-state index in [1.807, 2.05) is 11.3 Å². The summed E-state index contributed by atoms with van der Waals surface area (Å²) in [5.74, 6) is 2.50. The molecule has 1 nitrogen and oxygen atoms in total. The lowest BCUT2D eigenvalue weighted by atomic mass is 9.82. The Balaban J connectivity index is 1.86. The fraction of sp³-hybridized carbons (Fsp3) is 0.750. The van der Waals surface area contributed by atoms with Crippen LogP contribution in [0, 0.1) is 17.8 Å². The van der Waals surface area contributed by atoms with E-state index < -0.39 is 0 Å². The Morgan fingerprint density at radius 2 is 2.22 bits per heavy atom. The molecule has 0 saturated heterocycles. The highest BCUT2D eigenvalue weighted by atomic mass is 32.1. The van der Waals surface area contributed by atoms with Crippen LogP contribution in [0.1, 0.15) is 57.4 Å². The minimum absolute atomic E-state index is 0.544. The van der Waals surface area contributed by atoms with E-state index in [1.165, 1.54) is 37.1 Å². The minimum atomic E-state index is 0.544. The molecule has 0 radical (unpaired) electrons. The smallest absolute Gasteiger partial charge is 0.0438 e. The van der Waals surface area contributed by atoms with Crippen molar-refractivity contribution < 1.29 is 0 Å². The first-order valence-corrected chi connectivity index (χ1v) is 8.31. The molecule has 1 saturated carbocycles. The molecule has 102 valence electrons. The highest BCUT2D eigenvalue weighted by Gasteiger charge is 2.22. The van der Waals surface area contributed by atoms with Crippen molar-refractivity contribution in [2.24, 2.45) is 17.8 Å². The number of rotatable bonds is 5. The van der Waals surface area contributed by atoms with Gasteiger partial charge in [0.05, 0.1) is 0 Å². The quantitative estimate of drug-likeness (QED) is 0.801. The second-order valence-electron chi connectivity index (χ2n) is 6.28. The van der Waals surface area contributed by atoms with Crippen LogP contribution in [0.4, 0.5) is 0 Å². The van der Waals surface area contributed by atoms with Crippen molar-refractivity contribution in [1.82, 2.24) is 5.32 Å².